The standard InChI is InChI=1S/C6H10O3/c1-2-4(7)3-5-6(8)9-5/h4-5,7H,2-3H2,1H3. The molecule has 2 unspecified atom stereocenters. The van der Waals surface area contributed by atoms with Crippen LogP contribution in [0.2, 0.25) is 0 Å². The van der Waals surface area contributed by atoms with Crippen LogP contribution in [0.1, 0.15) is 19.8 Å². The van der Waals surface area contributed by atoms with E-state index in [1.54, 1.807) is 0 Å². The third-order valence-corrected chi connectivity index (χ3v) is 1.42. The summed E-state index contributed by atoms with van der Waals surface area (Å²) in [6, 6.07) is 0. The van der Waals surface area contributed by atoms with Gasteiger partial charge in [0.1, 0.15) is 0 Å². The minimum absolute atomic E-state index is 0.178. The number of epoxide rings is 1. The van der Waals surface area contributed by atoms with Gasteiger partial charge < -0.3 is 9.84 Å². The number of aliphatic hydroxyl groups is 1. The Hall–Kier alpha value is -0.570. The van der Waals surface area contributed by atoms with Crippen LogP contribution in [-0.2, 0) is 9.53 Å². The van der Waals surface area contributed by atoms with E-state index in [1.807, 2.05) is 6.92 Å². The molecule has 0 radical (unpaired) electrons. The largest absolute Gasteiger partial charge is 0.447 e. The molecule has 1 N–H and O–H groups in total. The summed E-state index contributed by atoms with van der Waals surface area (Å²) in [7, 11) is 0. The van der Waals surface area contributed by atoms with Crippen molar-refractivity contribution in [1.82, 2.24) is 0 Å². The van der Waals surface area contributed by atoms with Crippen LogP contribution in [0.25, 0.3) is 0 Å². The fourth-order valence-corrected chi connectivity index (χ4v) is 0.664. The number of carbonyl (C=O) groups excluding carboxylic acids is 1. The normalized spacial score (nSPS) is 27.3. The van der Waals surface area contributed by atoms with Crippen LogP contribution in [0.15, 0.2) is 0 Å². The van der Waals surface area contributed by atoms with E-state index in [0.29, 0.717) is 12.8 Å². The van der Waals surface area contributed by atoms with Crippen LogP contribution < -0.4 is 0 Å². The van der Waals surface area contributed by atoms with Crippen LogP contribution in [0.5, 0.6) is 0 Å². The summed E-state index contributed by atoms with van der Waals surface area (Å²) in [6.45, 7) is 1.87. The molecule has 0 spiro atoms. The lowest BCUT2D eigenvalue weighted by molar-refractivity contribution is -0.117. The molecule has 0 amide bonds. The molecule has 3 heteroatoms. The molecule has 0 saturated carbocycles. The maximum absolute atomic E-state index is 10.2. The lowest BCUT2D eigenvalue weighted by Gasteiger charge is -2.00. The number of ether oxygens (including phenoxy) is 1. The number of carbonyl (C=O) groups is 1. The van der Waals surface area contributed by atoms with Crippen LogP contribution >= 0.6 is 0 Å². The molecule has 1 saturated heterocycles. The second kappa shape index (κ2) is 2.35. The molecule has 52 valence electrons. The highest BCUT2D eigenvalue weighted by Gasteiger charge is 2.38. The molecule has 1 rings (SSSR count). The van der Waals surface area contributed by atoms with Gasteiger partial charge in [-0.1, -0.05) is 6.92 Å². The minimum atomic E-state index is -0.374. The topological polar surface area (TPSA) is 49.8 Å². The highest BCUT2D eigenvalue weighted by atomic mass is 16.6. The van der Waals surface area contributed by atoms with Crippen molar-refractivity contribution in [3.05, 3.63) is 0 Å². The molecular formula is C6H10O3. The second-order valence-electron chi connectivity index (χ2n) is 2.22. The number of aliphatic hydroxyl groups excluding tert-OH is 1. The van der Waals surface area contributed by atoms with E-state index in [-0.39, 0.29) is 18.2 Å². The number of cyclic esters (lactones) is 1. The van der Waals surface area contributed by atoms with E-state index in [4.69, 9.17) is 5.11 Å². The van der Waals surface area contributed by atoms with Gasteiger partial charge in [-0.3, -0.25) is 0 Å². The zero-order valence-corrected chi connectivity index (χ0v) is 5.33. The molecule has 3 nitrogen and oxygen atoms in total. The summed E-state index contributed by atoms with van der Waals surface area (Å²) in [5, 5.41) is 8.95. The molecule has 2 atom stereocenters. The van der Waals surface area contributed by atoms with Gasteiger partial charge in [0.15, 0.2) is 0 Å². The zero-order chi connectivity index (χ0) is 6.85. The average molecular weight is 130 g/mol. The Morgan fingerprint density at radius 2 is 2.44 bits per heavy atom. The summed E-state index contributed by atoms with van der Waals surface area (Å²) >= 11 is 0. The van der Waals surface area contributed by atoms with Crippen molar-refractivity contribution >= 4 is 5.97 Å². The van der Waals surface area contributed by atoms with Gasteiger partial charge in [0.05, 0.1) is 6.10 Å². The van der Waals surface area contributed by atoms with E-state index in [2.05, 4.69) is 4.74 Å². The van der Waals surface area contributed by atoms with E-state index < -0.39 is 0 Å². The quantitative estimate of drug-likeness (QED) is 0.550. The fraction of sp³-hybridized carbons (Fsp3) is 0.833. The highest BCUT2D eigenvalue weighted by molar-refractivity contribution is 5.87. The maximum Gasteiger partial charge on any atom is 0.348 e. The first-order valence-corrected chi connectivity index (χ1v) is 3.12. The van der Waals surface area contributed by atoms with Gasteiger partial charge in [0, 0.05) is 6.42 Å². The molecule has 0 aromatic carbocycles. The summed E-state index contributed by atoms with van der Waals surface area (Å²) < 4.78 is 4.49. The summed E-state index contributed by atoms with van der Waals surface area (Å²) in [6.07, 6.45) is 0.490. The molecule has 9 heavy (non-hydrogen) atoms. The van der Waals surface area contributed by atoms with Crippen molar-refractivity contribution in [3.63, 3.8) is 0 Å². The van der Waals surface area contributed by atoms with Crippen molar-refractivity contribution in [2.24, 2.45) is 0 Å². The van der Waals surface area contributed by atoms with Crippen LogP contribution in [0.4, 0.5) is 0 Å². The van der Waals surface area contributed by atoms with Crippen molar-refractivity contribution in [1.29, 1.82) is 0 Å². The monoisotopic (exact) mass is 130 g/mol. The van der Waals surface area contributed by atoms with E-state index in [0.717, 1.165) is 0 Å². The van der Waals surface area contributed by atoms with Gasteiger partial charge in [-0.15, -0.1) is 0 Å². The van der Waals surface area contributed by atoms with E-state index in [9.17, 15) is 4.79 Å². The first-order chi connectivity index (χ1) is 4.24. The fourth-order valence-electron chi connectivity index (χ4n) is 0.664. The Morgan fingerprint density at radius 1 is 1.89 bits per heavy atom. The van der Waals surface area contributed by atoms with E-state index in [1.165, 1.54) is 0 Å². The lowest BCUT2D eigenvalue weighted by Crippen LogP contribution is -2.08. The zero-order valence-electron chi connectivity index (χ0n) is 5.33. The predicted octanol–water partition coefficient (Wildman–Crippen LogP) is 0.0728. The van der Waals surface area contributed by atoms with Gasteiger partial charge in [0.2, 0.25) is 6.10 Å². The summed E-state index contributed by atoms with van der Waals surface area (Å²) in [5.41, 5.74) is 0. The molecular weight excluding hydrogens is 120 g/mol. The van der Waals surface area contributed by atoms with Crippen molar-refractivity contribution in [2.45, 2.75) is 32.0 Å². The summed E-state index contributed by atoms with van der Waals surface area (Å²) in [5.74, 6) is -0.178. The van der Waals surface area contributed by atoms with Crippen molar-refractivity contribution in [2.75, 3.05) is 0 Å². The van der Waals surface area contributed by atoms with Crippen molar-refractivity contribution in [3.8, 4) is 0 Å². The first-order valence-electron chi connectivity index (χ1n) is 3.12. The second-order valence-corrected chi connectivity index (χ2v) is 2.22. The third kappa shape index (κ3) is 1.68. The highest BCUT2D eigenvalue weighted by Crippen LogP contribution is 2.18. The number of rotatable bonds is 3. The van der Waals surface area contributed by atoms with Gasteiger partial charge in [-0.05, 0) is 6.42 Å². The third-order valence-electron chi connectivity index (χ3n) is 1.42. The van der Waals surface area contributed by atoms with Gasteiger partial charge >= 0.3 is 5.97 Å². The van der Waals surface area contributed by atoms with Gasteiger partial charge in [-0.25, -0.2) is 4.79 Å². The molecule has 1 aliphatic rings. The molecule has 0 bridgehead atoms. The SMILES string of the molecule is CCC(O)CC1OC1=O. The smallest absolute Gasteiger partial charge is 0.348 e. The molecule has 1 aliphatic heterocycles. The Bertz CT molecular complexity index is 121. The number of hydrogen-bond donors (Lipinski definition) is 1. The molecule has 0 aromatic heterocycles. The van der Waals surface area contributed by atoms with Crippen LogP contribution in [-0.4, -0.2) is 23.3 Å². The number of hydrogen-bond acceptors (Lipinski definition) is 3. The Kier molecular flexibility index (Phi) is 1.71. The average Bonchev–Trinajstić information content (AvgIpc) is 2.47. The van der Waals surface area contributed by atoms with Crippen LogP contribution in [0, 0.1) is 0 Å². The Labute approximate surface area is 53.6 Å². The molecule has 0 aromatic rings. The predicted molar refractivity (Wildman–Crippen MR) is 30.8 cm³/mol. The Balaban J connectivity index is 2.11. The minimum Gasteiger partial charge on any atom is -0.447 e. The molecule has 1 heterocycles. The van der Waals surface area contributed by atoms with Crippen molar-refractivity contribution < 1.29 is 14.6 Å². The Morgan fingerprint density at radius 3 is 2.78 bits per heavy atom. The first kappa shape index (κ1) is 6.55. The summed E-state index contributed by atoms with van der Waals surface area (Å²) in [4.78, 5) is 10.2. The maximum atomic E-state index is 10.2. The van der Waals surface area contributed by atoms with Crippen LogP contribution in [0.3, 0.4) is 0 Å². The van der Waals surface area contributed by atoms with E-state index >= 15 is 0 Å². The van der Waals surface area contributed by atoms with Gasteiger partial charge in [-0.2, -0.15) is 0 Å². The van der Waals surface area contributed by atoms with Gasteiger partial charge in [0.25, 0.3) is 0 Å². The molecule has 1 fully saturated rings. The molecule has 0 aliphatic carbocycles. The lowest BCUT2D eigenvalue weighted by atomic mass is 10.2.